The van der Waals surface area contributed by atoms with E-state index in [0.717, 1.165) is 30.5 Å². The first-order valence-electron chi connectivity index (χ1n) is 7.29. The SMILES string of the molecule is CC(C)(C)OC=O.Cc1cccc(C(=O)C2CCCN2)c1. The van der Waals surface area contributed by atoms with Crippen LogP contribution in [0.4, 0.5) is 0 Å². The van der Waals surface area contributed by atoms with E-state index in [1.807, 2.05) is 52.0 Å². The van der Waals surface area contributed by atoms with Gasteiger partial charge in [-0.15, -0.1) is 0 Å². The van der Waals surface area contributed by atoms with E-state index in [-0.39, 0.29) is 17.4 Å². The highest BCUT2D eigenvalue weighted by atomic mass is 16.5. The number of Topliss-reactive ketones (excluding diaryl/α,β-unsaturated/α-hetero) is 1. The Morgan fingerprint density at radius 3 is 2.52 bits per heavy atom. The maximum absolute atomic E-state index is 11.9. The molecule has 1 aromatic rings. The molecule has 2 rings (SSSR count). The summed E-state index contributed by atoms with van der Waals surface area (Å²) in [7, 11) is 0. The molecule has 1 aliphatic rings. The van der Waals surface area contributed by atoms with E-state index in [9.17, 15) is 9.59 Å². The second-order valence-electron chi connectivity index (χ2n) is 6.21. The maximum atomic E-state index is 11.9. The first-order chi connectivity index (χ1) is 9.83. The van der Waals surface area contributed by atoms with E-state index in [1.54, 1.807) is 0 Å². The van der Waals surface area contributed by atoms with Gasteiger partial charge in [0.05, 0.1) is 6.04 Å². The van der Waals surface area contributed by atoms with Crippen LogP contribution in [0.15, 0.2) is 24.3 Å². The summed E-state index contributed by atoms with van der Waals surface area (Å²) >= 11 is 0. The van der Waals surface area contributed by atoms with Crippen LogP contribution in [0, 0.1) is 6.92 Å². The molecule has 1 aromatic carbocycles. The van der Waals surface area contributed by atoms with E-state index in [4.69, 9.17) is 0 Å². The molecule has 1 N–H and O–H groups in total. The van der Waals surface area contributed by atoms with Crippen LogP contribution in [0.2, 0.25) is 0 Å². The summed E-state index contributed by atoms with van der Waals surface area (Å²) in [5.74, 6) is 0.242. The van der Waals surface area contributed by atoms with Gasteiger partial charge in [-0.2, -0.15) is 0 Å². The van der Waals surface area contributed by atoms with Crippen molar-refractivity contribution in [3.05, 3.63) is 35.4 Å². The van der Waals surface area contributed by atoms with Crippen LogP contribution in [0.5, 0.6) is 0 Å². The quantitative estimate of drug-likeness (QED) is 0.687. The lowest BCUT2D eigenvalue weighted by Gasteiger charge is -2.14. The van der Waals surface area contributed by atoms with Gasteiger partial charge >= 0.3 is 0 Å². The van der Waals surface area contributed by atoms with Gasteiger partial charge in [-0.1, -0.05) is 23.8 Å². The molecule has 0 radical (unpaired) electrons. The van der Waals surface area contributed by atoms with Gasteiger partial charge in [0.15, 0.2) is 5.78 Å². The van der Waals surface area contributed by atoms with E-state index in [0.29, 0.717) is 6.47 Å². The number of nitrogens with one attached hydrogen (secondary N) is 1. The van der Waals surface area contributed by atoms with Gasteiger partial charge in [0.1, 0.15) is 5.60 Å². The van der Waals surface area contributed by atoms with E-state index >= 15 is 0 Å². The van der Waals surface area contributed by atoms with Gasteiger partial charge < -0.3 is 10.1 Å². The Morgan fingerprint density at radius 2 is 2.10 bits per heavy atom. The number of ether oxygens (including phenoxy) is 1. The van der Waals surface area contributed by atoms with Crippen LogP contribution in [0.25, 0.3) is 0 Å². The van der Waals surface area contributed by atoms with Gasteiger partial charge in [-0.3, -0.25) is 9.59 Å². The molecule has 21 heavy (non-hydrogen) atoms. The normalized spacial score (nSPS) is 17.6. The number of ketones is 1. The van der Waals surface area contributed by atoms with Crippen molar-refractivity contribution in [2.45, 2.75) is 52.2 Å². The monoisotopic (exact) mass is 291 g/mol. The molecule has 1 saturated heterocycles. The highest BCUT2D eigenvalue weighted by Crippen LogP contribution is 2.13. The molecule has 116 valence electrons. The molecule has 0 saturated carbocycles. The van der Waals surface area contributed by atoms with Gasteiger partial charge in [-0.05, 0) is 53.1 Å². The molecule has 0 amide bonds. The van der Waals surface area contributed by atoms with Crippen molar-refractivity contribution in [3.8, 4) is 0 Å². The van der Waals surface area contributed by atoms with Gasteiger partial charge in [0, 0.05) is 5.56 Å². The molecule has 1 heterocycles. The van der Waals surface area contributed by atoms with Crippen LogP contribution in [-0.2, 0) is 9.53 Å². The highest BCUT2D eigenvalue weighted by Gasteiger charge is 2.22. The molecule has 1 aliphatic heterocycles. The fraction of sp³-hybridized carbons (Fsp3) is 0.529. The van der Waals surface area contributed by atoms with Crippen molar-refractivity contribution in [2.24, 2.45) is 0 Å². The van der Waals surface area contributed by atoms with Crippen molar-refractivity contribution in [1.82, 2.24) is 5.32 Å². The Balaban J connectivity index is 0.000000270. The fourth-order valence-electron chi connectivity index (χ4n) is 2.05. The first-order valence-corrected chi connectivity index (χ1v) is 7.29. The molecule has 0 spiro atoms. The summed E-state index contributed by atoms with van der Waals surface area (Å²) in [6, 6.07) is 7.87. The van der Waals surface area contributed by atoms with Crippen LogP contribution in [0.1, 0.15) is 49.5 Å². The van der Waals surface area contributed by atoms with Crippen molar-refractivity contribution >= 4 is 12.3 Å². The zero-order chi connectivity index (χ0) is 15.9. The number of hydrogen-bond acceptors (Lipinski definition) is 4. The standard InChI is InChI=1S/C12H15NO.C5H10O2/c1-9-4-2-5-10(8-9)12(14)11-6-3-7-13-11;1-5(2,3)7-4-6/h2,4-5,8,11,13H,3,6-7H2,1H3;4H,1-3H3. The van der Waals surface area contributed by atoms with Gasteiger partial charge in [-0.25, -0.2) is 0 Å². The number of aryl methyl sites for hydroxylation is 1. The number of hydrogen-bond donors (Lipinski definition) is 1. The molecule has 4 nitrogen and oxygen atoms in total. The Kier molecular flexibility index (Phi) is 6.56. The van der Waals surface area contributed by atoms with Crippen molar-refractivity contribution < 1.29 is 14.3 Å². The fourth-order valence-corrected chi connectivity index (χ4v) is 2.05. The third-order valence-electron chi connectivity index (χ3n) is 3.08. The Hall–Kier alpha value is -1.68. The zero-order valence-electron chi connectivity index (χ0n) is 13.3. The molecule has 1 atom stereocenters. The third-order valence-corrected chi connectivity index (χ3v) is 3.08. The molecule has 0 bridgehead atoms. The molecule has 1 unspecified atom stereocenters. The average molecular weight is 291 g/mol. The largest absolute Gasteiger partial charge is 0.462 e. The predicted molar refractivity (Wildman–Crippen MR) is 83.4 cm³/mol. The lowest BCUT2D eigenvalue weighted by Crippen LogP contribution is -2.30. The Bertz CT molecular complexity index is 471. The van der Waals surface area contributed by atoms with Crippen molar-refractivity contribution in [3.63, 3.8) is 0 Å². The Labute approximate surface area is 126 Å². The Morgan fingerprint density at radius 1 is 1.38 bits per heavy atom. The molecule has 4 heteroatoms. The summed E-state index contributed by atoms with van der Waals surface area (Å²) in [5.41, 5.74) is 1.67. The number of carbonyl (C=O) groups is 2. The van der Waals surface area contributed by atoms with Crippen LogP contribution >= 0.6 is 0 Å². The number of benzene rings is 1. The average Bonchev–Trinajstić information content (AvgIpc) is 2.91. The molecular weight excluding hydrogens is 266 g/mol. The summed E-state index contributed by atoms with van der Waals surface area (Å²) in [6.07, 6.45) is 2.09. The number of rotatable bonds is 3. The van der Waals surface area contributed by atoms with Gasteiger partial charge in [0.25, 0.3) is 6.47 Å². The van der Waals surface area contributed by atoms with Crippen LogP contribution in [0.3, 0.4) is 0 Å². The minimum atomic E-state index is -0.318. The summed E-state index contributed by atoms with van der Waals surface area (Å²) in [4.78, 5) is 21.5. The second-order valence-corrected chi connectivity index (χ2v) is 6.21. The van der Waals surface area contributed by atoms with Gasteiger partial charge in [0.2, 0.25) is 0 Å². The van der Waals surface area contributed by atoms with E-state index in [1.165, 1.54) is 0 Å². The number of carbonyl (C=O) groups excluding carboxylic acids is 2. The molecule has 1 fully saturated rings. The molecular formula is C17H25NO3. The van der Waals surface area contributed by atoms with Crippen molar-refractivity contribution in [1.29, 1.82) is 0 Å². The first kappa shape index (κ1) is 17.4. The van der Waals surface area contributed by atoms with E-state index < -0.39 is 0 Å². The minimum absolute atomic E-state index is 0.0526. The van der Waals surface area contributed by atoms with Crippen LogP contribution < -0.4 is 5.32 Å². The van der Waals surface area contributed by atoms with Crippen molar-refractivity contribution in [2.75, 3.05) is 6.54 Å². The minimum Gasteiger partial charge on any atom is -0.462 e. The predicted octanol–water partition coefficient (Wildman–Crippen LogP) is 2.89. The maximum Gasteiger partial charge on any atom is 0.293 e. The smallest absolute Gasteiger partial charge is 0.293 e. The molecule has 0 aliphatic carbocycles. The second kappa shape index (κ2) is 7.93. The lowest BCUT2D eigenvalue weighted by atomic mass is 10.0. The van der Waals surface area contributed by atoms with Crippen LogP contribution in [-0.4, -0.2) is 30.4 Å². The zero-order valence-corrected chi connectivity index (χ0v) is 13.3. The van der Waals surface area contributed by atoms with E-state index in [2.05, 4.69) is 10.1 Å². The topological polar surface area (TPSA) is 55.4 Å². The highest BCUT2D eigenvalue weighted by molar-refractivity contribution is 6.00. The lowest BCUT2D eigenvalue weighted by molar-refractivity contribution is -0.138. The summed E-state index contributed by atoms with van der Waals surface area (Å²) in [6.45, 7) is 8.91. The summed E-state index contributed by atoms with van der Waals surface area (Å²) < 4.78 is 4.55. The third kappa shape index (κ3) is 6.54. The summed E-state index contributed by atoms with van der Waals surface area (Å²) in [5, 5.41) is 3.22. The molecule has 0 aromatic heterocycles.